The van der Waals surface area contributed by atoms with Gasteiger partial charge in [-0.25, -0.2) is 9.79 Å². The van der Waals surface area contributed by atoms with Crippen LogP contribution < -0.4 is 10.6 Å². The quantitative estimate of drug-likeness (QED) is 0.887. The standard InChI is InChI=1S/C16H22N6O2/c1-3-8-17-16(24)19-13-9-10(2)21-22(13)15-18-12-7-5-4-6-11(12)14(23)20-15/h9,11H,3-8H2,1-2H3,(H2,17,19,24). The molecule has 0 aromatic carbocycles. The second-order valence-corrected chi connectivity index (χ2v) is 6.12. The Morgan fingerprint density at radius 1 is 1.38 bits per heavy atom. The highest BCUT2D eigenvalue weighted by Crippen LogP contribution is 2.26. The first-order valence-corrected chi connectivity index (χ1v) is 8.40. The number of aliphatic imine (C=N–C) groups is 2. The van der Waals surface area contributed by atoms with E-state index in [1.807, 2.05) is 13.8 Å². The van der Waals surface area contributed by atoms with Crippen molar-refractivity contribution in [2.45, 2.75) is 46.0 Å². The van der Waals surface area contributed by atoms with Gasteiger partial charge in [0.05, 0.1) is 11.6 Å². The number of nitrogens with one attached hydrogen (secondary N) is 2. The third-order valence-corrected chi connectivity index (χ3v) is 4.13. The molecule has 2 aliphatic rings. The van der Waals surface area contributed by atoms with Crippen molar-refractivity contribution in [3.63, 3.8) is 0 Å². The number of hydrogen-bond acceptors (Lipinski definition) is 4. The van der Waals surface area contributed by atoms with E-state index in [0.29, 0.717) is 18.1 Å². The minimum absolute atomic E-state index is 0.163. The number of urea groups is 1. The highest BCUT2D eigenvalue weighted by molar-refractivity contribution is 6.16. The summed E-state index contributed by atoms with van der Waals surface area (Å²) < 4.78 is 1.43. The molecule has 0 saturated heterocycles. The Balaban J connectivity index is 1.85. The van der Waals surface area contributed by atoms with E-state index in [-0.39, 0.29) is 23.8 Å². The van der Waals surface area contributed by atoms with E-state index < -0.39 is 0 Å². The van der Waals surface area contributed by atoms with Crippen molar-refractivity contribution in [2.75, 3.05) is 11.9 Å². The van der Waals surface area contributed by atoms with E-state index in [9.17, 15) is 9.59 Å². The molecule has 0 radical (unpaired) electrons. The van der Waals surface area contributed by atoms with E-state index in [1.165, 1.54) is 4.68 Å². The zero-order valence-corrected chi connectivity index (χ0v) is 14.0. The normalized spacial score (nSPS) is 20.1. The SMILES string of the molecule is CCCNC(=O)Nc1cc(C)nn1C1=NC(=O)C2CCCCC2=N1. The molecular weight excluding hydrogens is 308 g/mol. The monoisotopic (exact) mass is 330 g/mol. The summed E-state index contributed by atoms with van der Waals surface area (Å²) in [5.74, 6) is 0.339. The van der Waals surface area contributed by atoms with E-state index in [1.54, 1.807) is 6.07 Å². The molecule has 1 aromatic heterocycles. The molecule has 24 heavy (non-hydrogen) atoms. The van der Waals surface area contributed by atoms with Gasteiger partial charge in [-0.2, -0.15) is 14.8 Å². The number of carbonyl (C=O) groups excluding carboxylic acids is 2. The number of nitrogens with zero attached hydrogens (tertiary/aromatic N) is 4. The second-order valence-electron chi connectivity index (χ2n) is 6.12. The number of anilines is 1. The molecule has 1 aliphatic heterocycles. The number of aromatic nitrogens is 2. The molecule has 8 heteroatoms. The Morgan fingerprint density at radius 3 is 3.00 bits per heavy atom. The summed E-state index contributed by atoms with van der Waals surface area (Å²) in [5, 5.41) is 9.80. The zero-order chi connectivity index (χ0) is 17.1. The molecule has 2 N–H and O–H groups in total. The Morgan fingerprint density at radius 2 is 2.21 bits per heavy atom. The van der Waals surface area contributed by atoms with Crippen molar-refractivity contribution in [2.24, 2.45) is 15.9 Å². The molecule has 1 atom stereocenters. The van der Waals surface area contributed by atoms with Crippen LogP contribution in [0.3, 0.4) is 0 Å². The van der Waals surface area contributed by atoms with Gasteiger partial charge >= 0.3 is 6.03 Å². The zero-order valence-electron chi connectivity index (χ0n) is 14.0. The summed E-state index contributed by atoms with van der Waals surface area (Å²) in [5.41, 5.74) is 1.59. The van der Waals surface area contributed by atoms with Crippen LogP contribution in [-0.4, -0.2) is 39.9 Å². The fraction of sp³-hybridized carbons (Fsp3) is 0.562. The summed E-state index contributed by atoms with van der Waals surface area (Å²) in [6.45, 7) is 4.38. The van der Waals surface area contributed by atoms with Gasteiger partial charge in [0.25, 0.3) is 11.9 Å². The second kappa shape index (κ2) is 6.94. The molecule has 2 heterocycles. The molecule has 0 spiro atoms. The summed E-state index contributed by atoms with van der Waals surface area (Å²) in [6, 6.07) is 1.41. The van der Waals surface area contributed by atoms with Crippen molar-refractivity contribution in [1.29, 1.82) is 0 Å². The first-order valence-electron chi connectivity index (χ1n) is 8.40. The molecule has 8 nitrogen and oxygen atoms in total. The number of rotatable bonds is 3. The van der Waals surface area contributed by atoms with Gasteiger partial charge in [-0.05, 0) is 32.6 Å². The third kappa shape index (κ3) is 3.37. The van der Waals surface area contributed by atoms with Gasteiger partial charge in [-0.1, -0.05) is 13.3 Å². The summed E-state index contributed by atoms with van der Waals surface area (Å²) in [4.78, 5) is 32.8. The molecule has 0 bridgehead atoms. The molecule has 128 valence electrons. The van der Waals surface area contributed by atoms with Crippen molar-refractivity contribution in [3.8, 4) is 0 Å². The van der Waals surface area contributed by atoms with Crippen LogP contribution in [0.15, 0.2) is 16.1 Å². The molecule has 1 aromatic rings. The predicted octanol–water partition coefficient (Wildman–Crippen LogP) is 2.10. The van der Waals surface area contributed by atoms with Crippen LogP contribution in [0.1, 0.15) is 44.7 Å². The van der Waals surface area contributed by atoms with Crippen LogP contribution >= 0.6 is 0 Å². The van der Waals surface area contributed by atoms with Crippen molar-refractivity contribution >= 4 is 29.4 Å². The number of amides is 3. The lowest BCUT2D eigenvalue weighted by atomic mass is 9.86. The first-order chi connectivity index (χ1) is 11.6. The van der Waals surface area contributed by atoms with Crippen LogP contribution in [0.4, 0.5) is 10.6 Å². The largest absolute Gasteiger partial charge is 0.338 e. The fourth-order valence-corrected chi connectivity index (χ4v) is 2.96. The van der Waals surface area contributed by atoms with Crippen LogP contribution in [0.5, 0.6) is 0 Å². The predicted molar refractivity (Wildman–Crippen MR) is 91.5 cm³/mol. The minimum atomic E-state index is -0.316. The lowest BCUT2D eigenvalue weighted by Gasteiger charge is -2.24. The highest BCUT2D eigenvalue weighted by Gasteiger charge is 2.32. The average molecular weight is 330 g/mol. The number of hydrogen-bond donors (Lipinski definition) is 2. The number of fused-ring (bicyclic) bond motifs is 1. The third-order valence-electron chi connectivity index (χ3n) is 4.13. The molecule has 1 fully saturated rings. The van der Waals surface area contributed by atoms with Gasteiger partial charge in [0.2, 0.25) is 0 Å². The highest BCUT2D eigenvalue weighted by atomic mass is 16.2. The van der Waals surface area contributed by atoms with Crippen molar-refractivity contribution in [3.05, 3.63) is 11.8 Å². The number of aryl methyl sites for hydroxylation is 1. The van der Waals surface area contributed by atoms with Gasteiger partial charge in [0, 0.05) is 18.3 Å². The Bertz CT molecular complexity index is 718. The smallest absolute Gasteiger partial charge is 0.320 e. The maximum absolute atomic E-state index is 12.3. The van der Waals surface area contributed by atoms with Gasteiger partial charge in [-0.15, -0.1) is 0 Å². The molecule has 1 aliphatic carbocycles. The van der Waals surface area contributed by atoms with Gasteiger partial charge in [0.1, 0.15) is 5.82 Å². The van der Waals surface area contributed by atoms with Crippen LogP contribution in [0, 0.1) is 12.8 Å². The summed E-state index contributed by atoms with van der Waals surface area (Å²) in [6.07, 6.45) is 4.55. The van der Waals surface area contributed by atoms with Crippen LogP contribution in [-0.2, 0) is 4.79 Å². The van der Waals surface area contributed by atoms with Gasteiger partial charge in [0.15, 0.2) is 0 Å². The van der Waals surface area contributed by atoms with E-state index >= 15 is 0 Å². The summed E-state index contributed by atoms with van der Waals surface area (Å²) >= 11 is 0. The molecule has 1 saturated carbocycles. The Hall–Kier alpha value is -2.51. The molecule has 3 amide bonds. The first kappa shape index (κ1) is 16.4. The van der Waals surface area contributed by atoms with E-state index in [2.05, 4.69) is 25.7 Å². The Labute approximate surface area is 140 Å². The van der Waals surface area contributed by atoms with Crippen molar-refractivity contribution < 1.29 is 9.59 Å². The Kier molecular flexibility index (Phi) is 4.73. The lowest BCUT2D eigenvalue weighted by Crippen LogP contribution is -2.34. The maximum Gasteiger partial charge on any atom is 0.320 e. The maximum atomic E-state index is 12.3. The molecular formula is C16H22N6O2. The van der Waals surface area contributed by atoms with Gasteiger partial charge in [-0.3, -0.25) is 10.1 Å². The van der Waals surface area contributed by atoms with Crippen LogP contribution in [0.25, 0.3) is 0 Å². The van der Waals surface area contributed by atoms with E-state index in [0.717, 1.165) is 37.8 Å². The summed E-state index contributed by atoms with van der Waals surface area (Å²) in [7, 11) is 0. The minimum Gasteiger partial charge on any atom is -0.338 e. The number of carbonyl (C=O) groups is 2. The molecule has 3 rings (SSSR count). The topological polar surface area (TPSA) is 101 Å². The van der Waals surface area contributed by atoms with E-state index in [4.69, 9.17) is 0 Å². The van der Waals surface area contributed by atoms with Gasteiger partial charge < -0.3 is 5.32 Å². The average Bonchev–Trinajstić information content (AvgIpc) is 2.93. The van der Waals surface area contributed by atoms with Crippen molar-refractivity contribution in [1.82, 2.24) is 15.1 Å². The lowest BCUT2D eigenvalue weighted by molar-refractivity contribution is -0.120. The van der Waals surface area contributed by atoms with Crippen LogP contribution in [0.2, 0.25) is 0 Å². The fourth-order valence-electron chi connectivity index (χ4n) is 2.96. The molecule has 1 unspecified atom stereocenters.